The third-order valence-corrected chi connectivity index (χ3v) is 5.81. The number of rotatable bonds is 5. The number of aryl methyl sites for hydroxylation is 1. The summed E-state index contributed by atoms with van der Waals surface area (Å²) < 4.78 is 15.2. The summed E-state index contributed by atoms with van der Waals surface area (Å²) in [7, 11) is 0. The van der Waals surface area contributed by atoms with Crippen LogP contribution in [0.2, 0.25) is 0 Å². The highest BCUT2D eigenvalue weighted by Crippen LogP contribution is 2.26. The van der Waals surface area contributed by atoms with Gasteiger partial charge in [-0.15, -0.1) is 0 Å². The van der Waals surface area contributed by atoms with Crippen LogP contribution in [0.3, 0.4) is 0 Å². The Morgan fingerprint density at radius 2 is 1.86 bits per heavy atom. The Morgan fingerprint density at radius 1 is 1.11 bits per heavy atom. The molecule has 0 aliphatic carbocycles. The third kappa shape index (κ3) is 3.97. The molecule has 3 heterocycles. The van der Waals surface area contributed by atoms with Crippen molar-refractivity contribution >= 4 is 5.91 Å². The van der Waals surface area contributed by atoms with E-state index in [9.17, 15) is 9.18 Å². The maximum Gasteiger partial charge on any atom is 0.274 e. The van der Waals surface area contributed by atoms with Crippen molar-refractivity contribution < 1.29 is 9.18 Å². The lowest BCUT2D eigenvalue weighted by atomic mass is 10.0. The van der Waals surface area contributed by atoms with E-state index in [-0.39, 0.29) is 11.7 Å². The van der Waals surface area contributed by atoms with Crippen molar-refractivity contribution in [3.63, 3.8) is 0 Å². The van der Waals surface area contributed by atoms with Crippen molar-refractivity contribution in [1.82, 2.24) is 19.6 Å². The number of benzene rings is 1. The zero-order chi connectivity index (χ0) is 19.5. The van der Waals surface area contributed by atoms with Crippen molar-refractivity contribution in [1.29, 1.82) is 0 Å². The number of hydrogen-bond acceptors (Lipinski definition) is 3. The van der Waals surface area contributed by atoms with Gasteiger partial charge in [0.25, 0.3) is 5.91 Å². The van der Waals surface area contributed by atoms with E-state index in [4.69, 9.17) is 5.10 Å². The van der Waals surface area contributed by atoms with Crippen LogP contribution in [-0.4, -0.2) is 45.1 Å². The monoisotopic (exact) mass is 384 g/mol. The summed E-state index contributed by atoms with van der Waals surface area (Å²) in [4.78, 5) is 17.5. The SMILES string of the molecule is CCCn1nc(C(=O)N2CCCCC2)c2c1CCN(Cc1ccc(F)cc1)C2. The molecular formula is C22H29FN4O. The molecule has 0 spiro atoms. The number of carbonyl (C=O) groups excluding carboxylic acids is 1. The Kier molecular flexibility index (Phi) is 5.76. The number of amides is 1. The average Bonchev–Trinajstić information content (AvgIpc) is 3.08. The minimum atomic E-state index is -0.208. The Hall–Kier alpha value is -2.21. The van der Waals surface area contributed by atoms with Gasteiger partial charge in [-0.1, -0.05) is 19.1 Å². The van der Waals surface area contributed by atoms with Crippen LogP contribution in [0.25, 0.3) is 0 Å². The van der Waals surface area contributed by atoms with E-state index in [0.29, 0.717) is 5.69 Å². The molecule has 0 unspecified atom stereocenters. The van der Waals surface area contributed by atoms with E-state index in [2.05, 4.69) is 16.5 Å². The van der Waals surface area contributed by atoms with Gasteiger partial charge in [0.1, 0.15) is 5.82 Å². The van der Waals surface area contributed by atoms with Gasteiger partial charge in [0.05, 0.1) is 0 Å². The van der Waals surface area contributed by atoms with Gasteiger partial charge in [0.15, 0.2) is 5.69 Å². The molecule has 1 fully saturated rings. The summed E-state index contributed by atoms with van der Waals surface area (Å²) in [6.45, 7) is 7.09. The Bertz CT molecular complexity index is 824. The molecule has 2 aliphatic rings. The van der Waals surface area contributed by atoms with Crippen LogP contribution in [0.5, 0.6) is 0 Å². The molecule has 0 N–H and O–H groups in total. The number of likely N-dealkylation sites (tertiary alicyclic amines) is 1. The molecule has 0 atom stereocenters. The number of fused-ring (bicyclic) bond motifs is 1. The van der Waals surface area contributed by atoms with Gasteiger partial charge in [-0.2, -0.15) is 5.10 Å². The lowest BCUT2D eigenvalue weighted by molar-refractivity contribution is 0.0715. The minimum Gasteiger partial charge on any atom is -0.337 e. The fraction of sp³-hybridized carbons (Fsp3) is 0.545. The van der Waals surface area contributed by atoms with Crippen molar-refractivity contribution in [3.05, 3.63) is 52.6 Å². The standard InChI is InChI=1S/C22H29FN4O/c1-2-11-27-20-10-14-25(15-17-6-8-18(23)9-7-17)16-19(20)21(24-27)22(28)26-12-4-3-5-13-26/h6-9H,2-5,10-16H2,1H3. The molecule has 6 heteroatoms. The van der Waals surface area contributed by atoms with Crippen LogP contribution in [0.4, 0.5) is 4.39 Å². The van der Waals surface area contributed by atoms with Gasteiger partial charge in [-0.3, -0.25) is 14.4 Å². The van der Waals surface area contributed by atoms with Gasteiger partial charge in [0.2, 0.25) is 0 Å². The zero-order valence-corrected chi connectivity index (χ0v) is 16.7. The topological polar surface area (TPSA) is 41.4 Å². The number of hydrogen-bond donors (Lipinski definition) is 0. The van der Waals surface area contributed by atoms with Crippen LogP contribution in [0.1, 0.15) is 59.9 Å². The molecule has 2 aromatic rings. The minimum absolute atomic E-state index is 0.0921. The average molecular weight is 384 g/mol. The second-order valence-electron chi connectivity index (χ2n) is 7.94. The normalized spacial score (nSPS) is 17.6. The first-order valence-corrected chi connectivity index (χ1v) is 10.5. The highest BCUT2D eigenvalue weighted by atomic mass is 19.1. The van der Waals surface area contributed by atoms with Crippen LogP contribution in [0, 0.1) is 5.82 Å². The highest BCUT2D eigenvalue weighted by Gasteiger charge is 2.30. The molecule has 150 valence electrons. The van der Waals surface area contributed by atoms with Gasteiger partial charge in [-0.25, -0.2) is 4.39 Å². The van der Waals surface area contributed by atoms with E-state index >= 15 is 0 Å². The van der Waals surface area contributed by atoms with E-state index < -0.39 is 0 Å². The van der Waals surface area contributed by atoms with Crippen molar-refractivity contribution in [2.24, 2.45) is 0 Å². The molecule has 2 aliphatic heterocycles. The van der Waals surface area contributed by atoms with Crippen LogP contribution < -0.4 is 0 Å². The number of piperidine rings is 1. The zero-order valence-electron chi connectivity index (χ0n) is 16.7. The maximum absolute atomic E-state index is 13.2. The number of aromatic nitrogens is 2. The summed E-state index contributed by atoms with van der Waals surface area (Å²) in [5, 5.41) is 4.76. The summed E-state index contributed by atoms with van der Waals surface area (Å²) in [6, 6.07) is 6.70. The molecule has 0 radical (unpaired) electrons. The number of nitrogens with zero attached hydrogens (tertiary/aromatic N) is 4. The van der Waals surface area contributed by atoms with E-state index in [1.807, 2.05) is 17.0 Å². The van der Waals surface area contributed by atoms with Crippen molar-refractivity contribution in [2.75, 3.05) is 19.6 Å². The van der Waals surface area contributed by atoms with Gasteiger partial charge in [0, 0.05) is 56.9 Å². The quantitative estimate of drug-likeness (QED) is 0.791. The van der Waals surface area contributed by atoms with Crippen LogP contribution in [-0.2, 0) is 26.1 Å². The number of halogens is 1. The first kappa shape index (κ1) is 19.1. The fourth-order valence-corrected chi connectivity index (χ4v) is 4.34. The molecule has 0 bridgehead atoms. The van der Waals surface area contributed by atoms with Crippen LogP contribution in [0.15, 0.2) is 24.3 Å². The largest absolute Gasteiger partial charge is 0.337 e. The molecule has 28 heavy (non-hydrogen) atoms. The van der Waals surface area contributed by atoms with Crippen LogP contribution >= 0.6 is 0 Å². The molecule has 1 aromatic heterocycles. The summed E-state index contributed by atoms with van der Waals surface area (Å²) in [5.74, 6) is -0.116. The van der Waals surface area contributed by atoms with E-state index in [1.54, 1.807) is 0 Å². The summed E-state index contributed by atoms with van der Waals surface area (Å²) in [6.07, 6.45) is 5.28. The molecular weight excluding hydrogens is 355 g/mol. The molecule has 1 aromatic carbocycles. The van der Waals surface area contributed by atoms with Gasteiger partial charge >= 0.3 is 0 Å². The molecule has 4 rings (SSSR count). The molecule has 5 nitrogen and oxygen atoms in total. The van der Waals surface area contributed by atoms with Gasteiger partial charge < -0.3 is 4.90 Å². The highest BCUT2D eigenvalue weighted by molar-refractivity contribution is 5.94. The number of carbonyl (C=O) groups is 1. The van der Waals surface area contributed by atoms with Gasteiger partial charge in [-0.05, 0) is 43.4 Å². The first-order valence-electron chi connectivity index (χ1n) is 10.5. The van der Waals surface area contributed by atoms with Crippen molar-refractivity contribution in [3.8, 4) is 0 Å². The smallest absolute Gasteiger partial charge is 0.274 e. The predicted octanol–water partition coefficient (Wildman–Crippen LogP) is 3.62. The van der Waals surface area contributed by atoms with Crippen molar-refractivity contribution in [2.45, 2.75) is 58.7 Å². The Labute approximate surface area is 166 Å². The van der Waals surface area contributed by atoms with E-state index in [0.717, 1.165) is 76.1 Å². The fourth-order valence-electron chi connectivity index (χ4n) is 4.34. The molecule has 0 saturated carbocycles. The lowest BCUT2D eigenvalue weighted by Crippen LogP contribution is -2.37. The van der Waals surface area contributed by atoms with E-state index in [1.165, 1.54) is 24.2 Å². The summed E-state index contributed by atoms with van der Waals surface area (Å²) in [5.41, 5.74) is 4.05. The Balaban J connectivity index is 1.57. The molecule has 1 amide bonds. The first-order chi connectivity index (χ1) is 13.7. The Morgan fingerprint density at radius 3 is 2.57 bits per heavy atom. The maximum atomic E-state index is 13.2. The second kappa shape index (κ2) is 8.43. The second-order valence-corrected chi connectivity index (χ2v) is 7.94. The molecule has 1 saturated heterocycles. The predicted molar refractivity (Wildman–Crippen MR) is 106 cm³/mol. The lowest BCUT2D eigenvalue weighted by Gasteiger charge is -2.29. The third-order valence-electron chi connectivity index (χ3n) is 5.81. The summed E-state index contributed by atoms with van der Waals surface area (Å²) >= 11 is 0.